The number of sulfonamides is 1. The summed E-state index contributed by atoms with van der Waals surface area (Å²) in [5.41, 5.74) is 0.948. The molecule has 0 saturated carbocycles. The minimum Gasteiger partial charge on any atom is -0.453 e. The molecule has 1 aromatic carbocycles. The van der Waals surface area contributed by atoms with Crippen LogP contribution in [-0.4, -0.2) is 66.1 Å². The van der Waals surface area contributed by atoms with E-state index in [2.05, 4.69) is 30.3 Å². The van der Waals surface area contributed by atoms with Gasteiger partial charge >= 0.3 is 12.3 Å². The number of hydrogen-bond donors (Lipinski definition) is 4. The number of methoxy groups -OCH3 is 1. The van der Waals surface area contributed by atoms with Crippen molar-refractivity contribution in [2.45, 2.75) is 45.3 Å². The predicted molar refractivity (Wildman–Crippen MR) is 146 cm³/mol. The predicted octanol–water partition coefficient (Wildman–Crippen LogP) is 4.95. The Labute approximate surface area is 234 Å². The number of alkyl halides is 3. The van der Waals surface area contributed by atoms with Crippen LogP contribution >= 0.6 is 11.6 Å². The minimum absolute atomic E-state index is 0.0746. The molecule has 0 aliphatic rings. The molecular formula is C24H29ClF3N7O4S. The van der Waals surface area contributed by atoms with E-state index in [4.69, 9.17) is 16.6 Å². The van der Waals surface area contributed by atoms with E-state index in [9.17, 15) is 26.4 Å². The van der Waals surface area contributed by atoms with Crippen molar-refractivity contribution in [1.29, 1.82) is 0 Å². The second-order valence-electron chi connectivity index (χ2n) is 9.95. The normalized spacial score (nSPS) is 13.0. The number of halogens is 4. The standard InChI is InChI=1S/C24H29ClF3N7O4S/c1-13(31-22(36)39-5)11-30-21-29-7-6-17(32-21)19-18(33-20(34-19)23(2,3)4)14-8-15(25)10-16(9-14)35-40(37,38)12-24(26,27)28/h6-10,13,35H,11-12H2,1-5H3,(H,31,36)(H,33,34)(H,29,30,32)/t13-/m0/s1. The summed E-state index contributed by atoms with van der Waals surface area (Å²) >= 11 is 6.23. The molecule has 2 heterocycles. The Morgan fingerprint density at radius 3 is 2.50 bits per heavy atom. The lowest BCUT2D eigenvalue weighted by atomic mass is 9.96. The third-order valence-electron chi connectivity index (χ3n) is 5.24. The maximum absolute atomic E-state index is 12.7. The molecule has 0 unspecified atom stereocenters. The Hall–Kier alpha value is -3.59. The van der Waals surface area contributed by atoms with Crippen LogP contribution in [0.15, 0.2) is 30.5 Å². The van der Waals surface area contributed by atoms with Crippen molar-refractivity contribution in [2.75, 3.05) is 29.4 Å². The van der Waals surface area contributed by atoms with E-state index in [1.807, 2.05) is 25.5 Å². The quantitative estimate of drug-likeness (QED) is 0.268. The first kappa shape index (κ1) is 30.9. The van der Waals surface area contributed by atoms with Crippen LogP contribution in [0, 0.1) is 0 Å². The number of nitrogens with zero attached hydrogens (tertiary/aromatic N) is 3. The van der Waals surface area contributed by atoms with Gasteiger partial charge in [0.1, 0.15) is 5.82 Å². The van der Waals surface area contributed by atoms with Gasteiger partial charge in [0.2, 0.25) is 16.0 Å². The van der Waals surface area contributed by atoms with Crippen LogP contribution in [0.1, 0.15) is 33.5 Å². The molecule has 40 heavy (non-hydrogen) atoms. The van der Waals surface area contributed by atoms with Crippen LogP contribution in [0.25, 0.3) is 22.6 Å². The first-order valence-corrected chi connectivity index (χ1v) is 13.9. The Bertz CT molecular complexity index is 1470. The molecule has 11 nitrogen and oxygen atoms in total. The van der Waals surface area contributed by atoms with Crippen LogP contribution < -0.4 is 15.4 Å². The number of nitrogens with one attached hydrogen (secondary N) is 4. The van der Waals surface area contributed by atoms with Crippen molar-refractivity contribution < 1.29 is 31.1 Å². The maximum Gasteiger partial charge on any atom is 0.407 e. The van der Waals surface area contributed by atoms with Gasteiger partial charge in [-0.1, -0.05) is 32.4 Å². The zero-order valence-electron chi connectivity index (χ0n) is 22.3. The maximum atomic E-state index is 12.7. The van der Waals surface area contributed by atoms with E-state index in [1.165, 1.54) is 31.5 Å². The summed E-state index contributed by atoms with van der Waals surface area (Å²) in [4.78, 5) is 28.1. The van der Waals surface area contributed by atoms with Crippen molar-refractivity contribution in [3.63, 3.8) is 0 Å². The molecule has 0 bridgehead atoms. The Kier molecular flexibility index (Phi) is 9.19. The Morgan fingerprint density at radius 2 is 1.88 bits per heavy atom. The summed E-state index contributed by atoms with van der Waals surface area (Å²) in [7, 11) is -3.48. The highest BCUT2D eigenvalue weighted by atomic mass is 35.5. The van der Waals surface area contributed by atoms with E-state index < -0.39 is 33.5 Å². The summed E-state index contributed by atoms with van der Waals surface area (Å²) in [6.45, 7) is 7.83. The molecule has 0 radical (unpaired) electrons. The molecule has 0 spiro atoms. The molecule has 0 aliphatic heterocycles. The van der Waals surface area contributed by atoms with Gasteiger partial charge in [0, 0.05) is 34.8 Å². The zero-order valence-corrected chi connectivity index (χ0v) is 23.8. The monoisotopic (exact) mass is 603 g/mol. The van der Waals surface area contributed by atoms with Gasteiger partial charge < -0.3 is 20.4 Å². The van der Waals surface area contributed by atoms with Crippen molar-refractivity contribution in [2.24, 2.45) is 0 Å². The Morgan fingerprint density at radius 1 is 1.18 bits per heavy atom. The van der Waals surface area contributed by atoms with E-state index >= 15 is 0 Å². The summed E-state index contributed by atoms with van der Waals surface area (Å²) in [6.07, 6.45) is -3.99. The zero-order chi connectivity index (χ0) is 29.9. The van der Waals surface area contributed by atoms with Gasteiger partial charge in [-0.15, -0.1) is 0 Å². The number of anilines is 2. The molecule has 16 heteroatoms. The fourth-order valence-electron chi connectivity index (χ4n) is 3.48. The van der Waals surface area contributed by atoms with Gasteiger partial charge in [-0.2, -0.15) is 13.2 Å². The Balaban J connectivity index is 2.00. The number of aromatic nitrogens is 4. The summed E-state index contributed by atoms with van der Waals surface area (Å²) in [5.74, 6) is -1.23. The lowest BCUT2D eigenvalue weighted by molar-refractivity contribution is -0.106. The second kappa shape index (κ2) is 11.9. The molecule has 0 aliphatic carbocycles. The largest absolute Gasteiger partial charge is 0.453 e. The SMILES string of the molecule is COC(=O)N[C@@H](C)CNc1nccc(-c2[nH]c(C(C)(C)C)nc2-c2cc(Cl)cc(NS(=O)(=O)CC(F)(F)F)c2)n1. The fourth-order valence-corrected chi connectivity index (χ4v) is 4.69. The molecular weight excluding hydrogens is 575 g/mol. The smallest absolute Gasteiger partial charge is 0.407 e. The number of benzene rings is 1. The number of carbonyl (C=O) groups excluding carboxylic acids is 1. The number of aromatic amines is 1. The molecule has 1 atom stereocenters. The number of imidazole rings is 1. The van der Waals surface area contributed by atoms with Gasteiger partial charge in [0.05, 0.1) is 29.9 Å². The van der Waals surface area contributed by atoms with E-state index in [0.29, 0.717) is 28.5 Å². The van der Waals surface area contributed by atoms with Gasteiger partial charge in [0.25, 0.3) is 0 Å². The summed E-state index contributed by atoms with van der Waals surface area (Å²) in [5, 5.41) is 5.72. The number of carbonyl (C=O) groups is 1. The van der Waals surface area contributed by atoms with Crippen molar-refractivity contribution in [1.82, 2.24) is 25.3 Å². The van der Waals surface area contributed by atoms with Crippen molar-refractivity contribution >= 4 is 39.4 Å². The van der Waals surface area contributed by atoms with Gasteiger partial charge in [0.15, 0.2) is 5.75 Å². The average molecular weight is 604 g/mol. The first-order chi connectivity index (χ1) is 18.5. The van der Waals surface area contributed by atoms with Gasteiger partial charge in [-0.3, -0.25) is 4.72 Å². The van der Waals surface area contributed by atoms with Crippen LogP contribution in [-0.2, 0) is 20.2 Å². The molecule has 3 aromatic rings. The van der Waals surface area contributed by atoms with Crippen molar-refractivity contribution in [3.05, 3.63) is 41.3 Å². The molecule has 4 N–H and O–H groups in total. The van der Waals surface area contributed by atoms with Crippen LogP contribution in [0.2, 0.25) is 5.02 Å². The summed E-state index contributed by atoms with van der Waals surface area (Å²) < 4.78 is 68.9. The van der Waals surface area contributed by atoms with E-state index in [1.54, 1.807) is 13.0 Å². The third kappa shape index (κ3) is 8.71. The number of ether oxygens (including phenoxy) is 1. The molecule has 218 valence electrons. The molecule has 3 rings (SSSR count). The van der Waals surface area contributed by atoms with Crippen molar-refractivity contribution in [3.8, 4) is 22.6 Å². The highest BCUT2D eigenvalue weighted by Crippen LogP contribution is 2.36. The third-order valence-corrected chi connectivity index (χ3v) is 6.71. The van der Waals surface area contributed by atoms with Crippen LogP contribution in [0.3, 0.4) is 0 Å². The van der Waals surface area contributed by atoms with Gasteiger partial charge in [-0.25, -0.2) is 28.2 Å². The first-order valence-electron chi connectivity index (χ1n) is 11.9. The topological polar surface area (TPSA) is 151 Å². The number of alkyl carbamates (subject to hydrolysis) is 1. The number of rotatable bonds is 9. The molecule has 2 aromatic heterocycles. The molecule has 0 fully saturated rings. The highest BCUT2D eigenvalue weighted by Gasteiger charge is 2.35. The fraction of sp³-hybridized carbons (Fsp3) is 0.417. The molecule has 0 saturated heterocycles. The highest BCUT2D eigenvalue weighted by molar-refractivity contribution is 7.92. The second-order valence-corrected chi connectivity index (χ2v) is 12.1. The van der Waals surface area contributed by atoms with Crippen LogP contribution in [0.5, 0.6) is 0 Å². The van der Waals surface area contributed by atoms with Gasteiger partial charge in [-0.05, 0) is 31.2 Å². The minimum atomic E-state index is -4.92. The number of amides is 1. The lowest BCUT2D eigenvalue weighted by Crippen LogP contribution is -2.37. The summed E-state index contributed by atoms with van der Waals surface area (Å²) in [6, 6.07) is 5.37. The molecule has 1 amide bonds. The average Bonchev–Trinajstić information content (AvgIpc) is 3.27. The van der Waals surface area contributed by atoms with E-state index in [-0.39, 0.29) is 29.2 Å². The number of hydrogen-bond acceptors (Lipinski definition) is 8. The van der Waals surface area contributed by atoms with Crippen LogP contribution in [0.4, 0.5) is 29.6 Å². The lowest BCUT2D eigenvalue weighted by Gasteiger charge is -2.14. The van der Waals surface area contributed by atoms with E-state index in [0.717, 1.165) is 0 Å². The number of H-pyrrole nitrogens is 1.